The van der Waals surface area contributed by atoms with Crippen molar-refractivity contribution in [2.24, 2.45) is 0 Å². The Morgan fingerprint density at radius 1 is 0.840 bits per heavy atom. The molecule has 0 unspecified atom stereocenters. The zero-order chi connectivity index (χ0) is 17.2. The highest BCUT2D eigenvalue weighted by Crippen LogP contribution is 2.30. The highest BCUT2D eigenvalue weighted by Gasteiger charge is 2.11. The van der Waals surface area contributed by atoms with Crippen molar-refractivity contribution in [3.63, 3.8) is 0 Å². The van der Waals surface area contributed by atoms with E-state index in [0.29, 0.717) is 11.7 Å². The Bertz CT molecular complexity index is 1030. The van der Waals surface area contributed by atoms with Crippen LogP contribution in [0.25, 0.3) is 22.3 Å². The Morgan fingerprint density at radius 2 is 1.64 bits per heavy atom. The molecule has 0 aliphatic heterocycles. The Kier molecular flexibility index (Phi) is 3.86. The molecule has 4 rings (SSSR count). The summed E-state index contributed by atoms with van der Waals surface area (Å²) in [4.78, 5) is 13.5. The molecule has 122 valence electrons. The lowest BCUT2D eigenvalue weighted by Crippen LogP contribution is -1.96. The van der Waals surface area contributed by atoms with Crippen LogP contribution in [-0.4, -0.2) is 15.0 Å². The van der Waals surface area contributed by atoms with Gasteiger partial charge in [-0.3, -0.25) is 4.98 Å². The van der Waals surface area contributed by atoms with Gasteiger partial charge in [0.25, 0.3) is 0 Å². The number of ether oxygens (including phenoxy) is 1. The molecule has 0 saturated carbocycles. The summed E-state index contributed by atoms with van der Waals surface area (Å²) < 4.78 is 6.14. The number of para-hydroxylation sites is 1. The first-order chi connectivity index (χ1) is 12.2. The fraction of sp³-hybridized carbons (Fsp3) is 0.0952. The molecule has 4 nitrogen and oxygen atoms in total. The van der Waals surface area contributed by atoms with Gasteiger partial charge in [-0.1, -0.05) is 18.2 Å². The van der Waals surface area contributed by atoms with Gasteiger partial charge in [0.15, 0.2) is 5.82 Å². The minimum Gasteiger partial charge on any atom is -0.438 e. The number of aromatic nitrogens is 3. The highest BCUT2D eigenvalue weighted by molar-refractivity contribution is 5.85. The molecule has 25 heavy (non-hydrogen) atoms. The molecule has 2 heterocycles. The van der Waals surface area contributed by atoms with Gasteiger partial charge in [0.1, 0.15) is 5.75 Å². The fourth-order valence-corrected chi connectivity index (χ4v) is 2.85. The molecule has 0 bridgehead atoms. The lowest BCUT2D eigenvalue weighted by molar-refractivity contribution is 0.468. The minimum atomic E-state index is 0.550. The van der Waals surface area contributed by atoms with Crippen molar-refractivity contribution >= 4 is 10.9 Å². The molecule has 0 aliphatic carbocycles. The molecule has 0 fully saturated rings. The number of benzene rings is 2. The van der Waals surface area contributed by atoms with E-state index in [9.17, 15) is 0 Å². The molecular weight excluding hydrogens is 310 g/mol. The third-order valence-corrected chi connectivity index (χ3v) is 3.90. The van der Waals surface area contributed by atoms with Crippen molar-refractivity contribution in [3.8, 4) is 23.0 Å². The van der Waals surface area contributed by atoms with Gasteiger partial charge in [0, 0.05) is 18.0 Å². The highest BCUT2D eigenvalue weighted by atomic mass is 16.5. The SMILES string of the molecule is Cc1cc(C)cc(Oc2nc(-c3cccnc3)nc3ccccc23)c1. The van der Waals surface area contributed by atoms with Crippen molar-refractivity contribution in [1.29, 1.82) is 0 Å². The third-order valence-electron chi connectivity index (χ3n) is 3.90. The van der Waals surface area contributed by atoms with Gasteiger partial charge in [0.05, 0.1) is 10.9 Å². The summed E-state index contributed by atoms with van der Waals surface area (Å²) in [7, 11) is 0. The number of fused-ring (bicyclic) bond motifs is 1. The zero-order valence-electron chi connectivity index (χ0n) is 14.1. The van der Waals surface area contributed by atoms with E-state index in [4.69, 9.17) is 4.74 Å². The number of hydrogen-bond acceptors (Lipinski definition) is 4. The summed E-state index contributed by atoms with van der Waals surface area (Å²) in [5.74, 6) is 1.93. The van der Waals surface area contributed by atoms with Crippen LogP contribution in [0, 0.1) is 13.8 Å². The average molecular weight is 327 g/mol. The van der Waals surface area contributed by atoms with E-state index in [1.54, 1.807) is 12.4 Å². The predicted molar refractivity (Wildman–Crippen MR) is 98.8 cm³/mol. The third kappa shape index (κ3) is 3.19. The number of pyridine rings is 1. The standard InChI is InChI=1S/C21H17N3O/c1-14-10-15(2)12-17(11-14)25-21-18-7-3-4-8-19(18)23-20(24-21)16-6-5-9-22-13-16/h3-13H,1-2H3. The second kappa shape index (κ2) is 6.32. The van der Waals surface area contributed by atoms with Crippen molar-refractivity contribution in [3.05, 3.63) is 78.1 Å². The van der Waals surface area contributed by atoms with Gasteiger partial charge < -0.3 is 4.74 Å². The topological polar surface area (TPSA) is 47.9 Å². The maximum Gasteiger partial charge on any atom is 0.230 e. The zero-order valence-corrected chi connectivity index (χ0v) is 14.1. The van der Waals surface area contributed by atoms with Crippen LogP contribution in [0.2, 0.25) is 0 Å². The molecule has 0 N–H and O–H groups in total. The van der Waals surface area contributed by atoms with Gasteiger partial charge in [-0.25, -0.2) is 4.98 Å². The number of nitrogens with zero attached hydrogens (tertiary/aromatic N) is 3. The van der Waals surface area contributed by atoms with Gasteiger partial charge in [0.2, 0.25) is 5.88 Å². The molecule has 0 amide bonds. The van der Waals surface area contributed by atoms with Crippen LogP contribution in [0.4, 0.5) is 0 Å². The summed E-state index contributed by atoms with van der Waals surface area (Å²) in [6.45, 7) is 4.11. The van der Waals surface area contributed by atoms with E-state index in [1.807, 2.05) is 48.5 Å². The number of hydrogen-bond donors (Lipinski definition) is 0. The molecular formula is C21H17N3O. The van der Waals surface area contributed by atoms with Crippen molar-refractivity contribution in [2.75, 3.05) is 0 Å². The largest absolute Gasteiger partial charge is 0.438 e. The molecule has 0 aliphatic rings. The maximum atomic E-state index is 6.14. The molecule has 2 aromatic heterocycles. The molecule has 0 spiro atoms. The van der Waals surface area contributed by atoms with E-state index in [2.05, 4.69) is 34.9 Å². The smallest absolute Gasteiger partial charge is 0.230 e. The molecule has 0 radical (unpaired) electrons. The van der Waals surface area contributed by atoms with Crippen LogP contribution in [0.15, 0.2) is 67.0 Å². The first kappa shape index (κ1) is 15.3. The summed E-state index contributed by atoms with van der Waals surface area (Å²) in [6, 6.07) is 17.8. The molecule has 4 aromatic rings. The van der Waals surface area contributed by atoms with Crippen LogP contribution in [0.1, 0.15) is 11.1 Å². The van der Waals surface area contributed by atoms with Crippen molar-refractivity contribution in [1.82, 2.24) is 15.0 Å². The lowest BCUT2D eigenvalue weighted by atomic mass is 10.1. The number of rotatable bonds is 3. The quantitative estimate of drug-likeness (QED) is 0.525. The fourth-order valence-electron chi connectivity index (χ4n) is 2.85. The summed E-state index contributed by atoms with van der Waals surface area (Å²) >= 11 is 0. The summed E-state index contributed by atoms with van der Waals surface area (Å²) in [5.41, 5.74) is 4.01. The van der Waals surface area contributed by atoms with Crippen molar-refractivity contribution < 1.29 is 4.74 Å². The van der Waals surface area contributed by atoms with Crippen LogP contribution >= 0.6 is 0 Å². The molecule has 0 saturated heterocycles. The van der Waals surface area contributed by atoms with E-state index in [1.165, 1.54) is 0 Å². The average Bonchev–Trinajstić information content (AvgIpc) is 2.61. The molecule has 4 heteroatoms. The molecule has 2 aromatic carbocycles. The normalized spacial score (nSPS) is 10.8. The van der Waals surface area contributed by atoms with Gasteiger partial charge in [-0.15, -0.1) is 0 Å². The Hall–Kier alpha value is -3.27. The van der Waals surface area contributed by atoms with Crippen molar-refractivity contribution in [2.45, 2.75) is 13.8 Å². The van der Waals surface area contributed by atoms with Crippen LogP contribution in [0.3, 0.4) is 0 Å². The van der Waals surface area contributed by atoms with Crippen LogP contribution in [-0.2, 0) is 0 Å². The minimum absolute atomic E-state index is 0.550. The monoisotopic (exact) mass is 327 g/mol. The van der Waals surface area contributed by atoms with Crippen LogP contribution in [0.5, 0.6) is 11.6 Å². The van der Waals surface area contributed by atoms with E-state index >= 15 is 0 Å². The second-order valence-corrected chi connectivity index (χ2v) is 6.04. The Labute approximate surface area is 146 Å². The Morgan fingerprint density at radius 3 is 2.40 bits per heavy atom. The first-order valence-corrected chi connectivity index (χ1v) is 8.12. The maximum absolute atomic E-state index is 6.14. The van der Waals surface area contributed by atoms with E-state index in [-0.39, 0.29) is 0 Å². The second-order valence-electron chi connectivity index (χ2n) is 6.04. The summed E-state index contributed by atoms with van der Waals surface area (Å²) in [5, 5.41) is 0.884. The van der Waals surface area contributed by atoms with Gasteiger partial charge in [-0.05, 0) is 61.4 Å². The van der Waals surface area contributed by atoms with E-state index in [0.717, 1.165) is 33.3 Å². The Balaban J connectivity index is 1.86. The number of aryl methyl sites for hydroxylation is 2. The van der Waals surface area contributed by atoms with Crippen LogP contribution < -0.4 is 4.74 Å². The first-order valence-electron chi connectivity index (χ1n) is 8.12. The summed E-state index contributed by atoms with van der Waals surface area (Å²) in [6.07, 6.45) is 3.49. The lowest BCUT2D eigenvalue weighted by Gasteiger charge is -2.11. The van der Waals surface area contributed by atoms with Gasteiger partial charge >= 0.3 is 0 Å². The predicted octanol–water partition coefficient (Wildman–Crippen LogP) is 5.10. The molecule has 0 atom stereocenters. The van der Waals surface area contributed by atoms with Gasteiger partial charge in [-0.2, -0.15) is 4.98 Å². The van der Waals surface area contributed by atoms with E-state index < -0.39 is 0 Å².